The van der Waals surface area contributed by atoms with E-state index in [2.05, 4.69) is 5.32 Å². The maximum Gasteiger partial charge on any atom is 0.258 e. The highest BCUT2D eigenvalue weighted by Crippen LogP contribution is 2.38. The number of aromatic hydroxyl groups is 1. The minimum atomic E-state index is -2.56. The molecule has 4 nitrogen and oxygen atoms in total. The molecular formula is C14H20F2N2O2. The second-order valence-electron chi connectivity index (χ2n) is 4.69. The molecule has 20 heavy (non-hydrogen) atoms. The lowest BCUT2D eigenvalue weighted by molar-refractivity contribution is 0.0168. The van der Waals surface area contributed by atoms with Crippen LogP contribution in [0.15, 0.2) is 18.2 Å². The van der Waals surface area contributed by atoms with Crippen LogP contribution in [0.1, 0.15) is 18.5 Å². The summed E-state index contributed by atoms with van der Waals surface area (Å²) in [6.07, 6.45) is -2.56. The fraction of sp³-hybridized carbons (Fsp3) is 0.571. The Morgan fingerprint density at radius 1 is 1.35 bits per heavy atom. The molecule has 1 atom stereocenters. The first-order chi connectivity index (χ1) is 9.65. The summed E-state index contributed by atoms with van der Waals surface area (Å²) in [6, 6.07) is 3.66. The maximum atomic E-state index is 13.5. The van der Waals surface area contributed by atoms with E-state index in [1.807, 2.05) is 0 Å². The van der Waals surface area contributed by atoms with Crippen LogP contribution in [0.3, 0.4) is 0 Å². The third-order valence-electron chi connectivity index (χ3n) is 3.43. The summed E-state index contributed by atoms with van der Waals surface area (Å²) in [5.41, 5.74) is 0.229. The van der Waals surface area contributed by atoms with Crippen LogP contribution in [0.4, 0.5) is 8.78 Å². The molecule has 1 aliphatic rings. The quantitative estimate of drug-likeness (QED) is 0.869. The average Bonchev–Trinajstić information content (AvgIpc) is 2.44. The number of hydrogen-bond acceptors (Lipinski definition) is 4. The van der Waals surface area contributed by atoms with Crippen LogP contribution in [-0.4, -0.2) is 49.2 Å². The Hall–Kier alpha value is -1.40. The van der Waals surface area contributed by atoms with Gasteiger partial charge < -0.3 is 15.2 Å². The summed E-state index contributed by atoms with van der Waals surface area (Å²) in [5, 5.41) is 13.3. The van der Waals surface area contributed by atoms with Crippen molar-refractivity contribution >= 4 is 0 Å². The number of benzene rings is 1. The minimum Gasteiger partial charge on any atom is -0.504 e. The Bertz CT molecular complexity index is 437. The van der Waals surface area contributed by atoms with Gasteiger partial charge >= 0.3 is 0 Å². The molecule has 1 aliphatic heterocycles. The van der Waals surface area contributed by atoms with Crippen LogP contribution >= 0.6 is 0 Å². The molecule has 0 aromatic heterocycles. The Morgan fingerprint density at radius 2 is 2.05 bits per heavy atom. The molecule has 0 amide bonds. The zero-order valence-electron chi connectivity index (χ0n) is 11.5. The number of phenols is 1. The lowest BCUT2D eigenvalue weighted by atomic mass is 10.0. The number of hydrogen-bond donors (Lipinski definition) is 2. The van der Waals surface area contributed by atoms with Gasteiger partial charge in [0, 0.05) is 31.7 Å². The van der Waals surface area contributed by atoms with Crippen molar-refractivity contribution in [2.75, 3.05) is 32.8 Å². The van der Waals surface area contributed by atoms with Gasteiger partial charge in [0.15, 0.2) is 11.5 Å². The fourth-order valence-corrected chi connectivity index (χ4v) is 2.50. The highest BCUT2D eigenvalue weighted by molar-refractivity contribution is 5.47. The van der Waals surface area contributed by atoms with Gasteiger partial charge in [-0.25, -0.2) is 8.78 Å². The molecule has 2 N–H and O–H groups in total. The Morgan fingerprint density at radius 3 is 2.65 bits per heavy atom. The Kier molecular flexibility index (Phi) is 5.14. The lowest BCUT2D eigenvalue weighted by Crippen LogP contribution is -2.46. The van der Waals surface area contributed by atoms with Crippen molar-refractivity contribution in [1.29, 1.82) is 0 Å². The highest BCUT2D eigenvalue weighted by atomic mass is 19.3. The summed E-state index contributed by atoms with van der Waals surface area (Å²) in [4.78, 5) is 1.70. The van der Waals surface area contributed by atoms with Crippen LogP contribution in [0.2, 0.25) is 0 Å². The molecule has 0 saturated carbocycles. The van der Waals surface area contributed by atoms with E-state index in [0.717, 1.165) is 0 Å². The molecule has 0 radical (unpaired) electrons. The molecule has 6 heteroatoms. The second kappa shape index (κ2) is 6.85. The van der Waals surface area contributed by atoms with Gasteiger partial charge in [-0.15, -0.1) is 0 Å². The first-order valence-corrected chi connectivity index (χ1v) is 6.82. The molecule has 1 saturated heterocycles. The molecule has 0 spiro atoms. The maximum absolute atomic E-state index is 13.5. The first kappa shape index (κ1) is 15.0. The van der Waals surface area contributed by atoms with Gasteiger partial charge in [0.25, 0.3) is 6.43 Å². The van der Waals surface area contributed by atoms with E-state index in [0.29, 0.717) is 32.8 Å². The van der Waals surface area contributed by atoms with E-state index >= 15 is 0 Å². The predicted molar refractivity (Wildman–Crippen MR) is 72.5 cm³/mol. The van der Waals surface area contributed by atoms with E-state index in [1.54, 1.807) is 24.0 Å². The van der Waals surface area contributed by atoms with Gasteiger partial charge in [0.05, 0.1) is 6.61 Å². The highest BCUT2D eigenvalue weighted by Gasteiger charge is 2.32. The van der Waals surface area contributed by atoms with Crippen LogP contribution in [0.25, 0.3) is 0 Å². The third kappa shape index (κ3) is 3.19. The summed E-state index contributed by atoms with van der Waals surface area (Å²) < 4.78 is 32.2. The summed E-state index contributed by atoms with van der Waals surface area (Å²) in [7, 11) is 0. The normalized spacial score (nSPS) is 18.2. The SMILES string of the molecule is CCOc1cccc([C@H](C(F)F)N2CCNCC2)c1O. The molecule has 1 aromatic rings. The average molecular weight is 286 g/mol. The smallest absolute Gasteiger partial charge is 0.258 e. The van der Waals surface area contributed by atoms with Crippen molar-refractivity contribution in [3.8, 4) is 11.5 Å². The Balaban J connectivity index is 2.31. The molecule has 1 heterocycles. The van der Waals surface area contributed by atoms with Crippen LogP contribution in [0, 0.1) is 0 Å². The number of rotatable bonds is 5. The standard InChI is InChI=1S/C14H20F2N2O2/c1-2-20-11-5-3-4-10(13(11)19)12(14(15)16)18-8-6-17-7-9-18/h3-5,12,14,17,19H,2,6-9H2,1H3/t12-/m1/s1. The molecule has 112 valence electrons. The summed E-state index contributed by atoms with van der Waals surface area (Å²) in [6.45, 7) is 4.59. The van der Waals surface area contributed by atoms with Crippen molar-refractivity contribution in [3.05, 3.63) is 23.8 Å². The second-order valence-corrected chi connectivity index (χ2v) is 4.69. The number of alkyl halides is 2. The fourth-order valence-electron chi connectivity index (χ4n) is 2.50. The zero-order chi connectivity index (χ0) is 14.5. The van der Waals surface area contributed by atoms with Crippen LogP contribution in [-0.2, 0) is 0 Å². The number of halogens is 2. The monoisotopic (exact) mass is 286 g/mol. The van der Waals surface area contributed by atoms with E-state index < -0.39 is 12.5 Å². The van der Waals surface area contributed by atoms with E-state index in [9.17, 15) is 13.9 Å². The van der Waals surface area contributed by atoms with E-state index in [-0.39, 0.29) is 17.1 Å². The number of nitrogens with zero attached hydrogens (tertiary/aromatic N) is 1. The van der Waals surface area contributed by atoms with Gasteiger partial charge in [-0.3, -0.25) is 4.90 Å². The molecule has 2 rings (SSSR count). The van der Waals surface area contributed by atoms with Crippen LogP contribution in [0.5, 0.6) is 11.5 Å². The molecule has 1 fully saturated rings. The first-order valence-electron chi connectivity index (χ1n) is 6.82. The number of para-hydroxylation sites is 1. The van der Waals surface area contributed by atoms with Crippen molar-refractivity contribution < 1.29 is 18.6 Å². The van der Waals surface area contributed by atoms with Crippen molar-refractivity contribution in [3.63, 3.8) is 0 Å². The summed E-state index contributed by atoms with van der Waals surface area (Å²) >= 11 is 0. The molecular weight excluding hydrogens is 266 g/mol. The van der Waals surface area contributed by atoms with Gasteiger partial charge in [-0.2, -0.15) is 0 Å². The number of piperazine rings is 1. The third-order valence-corrected chi connectivity index (χ3v) is 3.43. The minimum absolute atomic E-state index is 0.182. The van der Waals surface area contributed by atoms with Gasteiger partial charge in [-0.1, -0.05) is 12.1 Å². The topological polar surface area (TPSA) is 44.7 Å². The van der Waals surface area contributed by atoms with Crippen molar-refractivity contribution in [2.45, 2.75) is 19.4 Å². The molecule has 0 aliphatic carbocycles. The number of ether oxygens (including phenoxy) is 1. The van der Waals surface area contributed by atoms with Gasteiger partial charge in [-0.05, 0) is 13.0 Å². The van der Waals surface area contributed by atoms with Crippen molar-refractivity contribution in [1.82, 2.24) is 10.2 Å². The van der Waals surface area contributed by atoms with Crippen molar-refractivity contribution in [2.24, 2.45) is 0 Å². The van der Waals surface area contributed by atoms with E-state index in [1.165, 1.54) is 6.07 Å². The predicted octanol–water partition coefficient (Wildman–Crippen LogP) is 2.00. The Labute approximate surface area is 117 Å². The number of phenolic OH excluding ortho intramolecular Hbond substituents is 1. The van der Waals surface area contributed by atoms with Crippen LogP contribution < -0.4 is 10.1 Å². The molecule has 0 unspecified atom stereocenters. The largest absolute Gasteiger partial charge is 0.504 e. The van der Waals surface area contributed by atoms with Gasteiger partial charge in [0.1, 0.15) is 6.04 Å². The van der Waals surface area contributed by atoms with E-state index in [4.69, 9.17) is 4.74 Å². The number of nitrogens with one attached hydrogen (secondary N) is 1. The molecule has 1 aromatic carbocycles. The molecule has 0 bridgehead atoms. The summed E-state index contributed by atoms with van der Waals surface area (Å²) in [5.74, 6) is 0.0731. The zero-order valence-corrected chi connectivity index (χ0v) is 11.5. The van der Waals surface area contributed by atoms with Gasteiger partial charge in [0.2, 0.25) is 0 Å². The lowest BCUT2D eigenvalue weighted by Gasteiger charge is -2.35.